The van der Waals surface area contributed by atoms with Gasteiger partial charge in [-0.05, 0) is 29.5 Å². The third kappa shape index (κ3) is 4.46. The molecule has 1 aromatic carbocycles. The Balaban J connectivity index is 2.27. The molecule has 1 atom stereocenters. The molecule has 6 nitrogen and oxygen atoms in total. The van der Waals surface area contributed by atoms with Crippen LogP contribution in [0.4, 0.5) is 0 Å². The molecule has 1 aliphatic rings. The van der Waals surface area contributed by atoms with Crippen LogP contribution < -0.4 is 10.2 Å². The summed E-state index contributed by atoms with van der Waals surface area (Å²) in [7, 11) is 0. The number of benzene rings is 1. The Kier molecular flexibility index (Phi) is 5.97. The summed E-state index contributed by atoms with van der Waals surface area (Å²) < 4.78 is 0.164. The Morgan fingerprint density at radius 1 is 1.24 bits per heavy atom. The van der Waals surface area contributed by atoms with E-state index in [1.807, 2.05) is 13.8 Å². The highest BCUT2D eigenvalue weighted by Gasteiger charge is 2.37. The number of carboxylic acid groups (broad SMARTS) is 2. The predicted octanol–water partition coefficient (Wildman–Crippen LogP) is 0.416. The predicted molar refractivity (Wildman–Crippen MR) is 94.0 cm³/mol. The zero-order valence-corrected chi connectivity index (χ0v) is 15.2. The van der Waals surface area contributed by atoms with Gasteiger partial charge in [-0.15, -0.1) is 0 Å². The van der Waals surface area contributed by atoms with E-state index in [0.717, 1.165) is 16.7 Å². The van der Waals surface area contributed by atoms with Gasteiger partial charge in [-0.2, -0.15) is 0 Å². The lowest BCUT2D eigenvalue weighted by Crippen LogP contribution is -2.50. The van der Waals surface area contributed by atoms with Crippen molar-refractivity contribution in [2.45, 2.75) is 26.3 Å². The maximum atomic E-state index is 12.6. The smallest absolute Gasteiger partial charge is 0.266 e. The van der Waals surface area contributed by atoms with Gasteiger partial charge < -0.3 is 19.8 Å². The minimum atomic E-state index is -1.34. The Labute approximate surface area is 154 Å². The summed E-state index contributed by atoms with van der Waals surface area (Å²) in [5.74, 6) is -3.07. The number of hydrogen-bond donors (Lipinski definition) is 0. The van der Waals surface area contributed by atoms with Crippen LogP contribution in [0.15, 0.2) is 29.2 Å². The third-order valence-electron chi connectivity index (χ3n) is 3.55. The first-order valence-electron chi connectivity index (χ1n) is 7.50. The number of thioether (sulfide) groups is 1. The fraction of sp³-hybridized carbons (Fsp3) is 0.294. The zero-order chi connectivity index (χ0) is 18.7. The van der Waals surface area contributed by atoms with Gasteiger partial charge in [-0.1, -0.05) is 62.1 Å². The maximum absolute atomic E-state index is 12.6. The van der Waals surface area contributed by atoms with Crippen molar-refractivity contribution in [2.24, 2.45) is 5.92 Å². The SMILES string of the molecule is CC(C)C[C@@H](C(=O)[O-])N1C(=O)/C(=C/c2ccc(C(=O)[O-])cc2)SC1=S. The van der Waals surface area contributed by atoms with Crippen molar-refractivity contribution in [1.82, 2.24) is 4.90 Å². The first-order valence-corrected chi connectivity index (χ1v) is 8.72. The van der Waals surface area contributed by atoms with Gasteiger partial charge >= 0.3 is 0 Å². The number of rotatable bonds is 6. The van der Waals surface area contributed by atoms with E-state index in [0.29, 0.717) is 5.56 Å². The molecule has 1 saturated heterocycles. The maximum Gasteiger partial charge on any atom is 0.266 e. The largest absolute Gasteiger partial charge is 0.548 e. The molecule has 0 unspecified atom stereocenters. The number of hydrogen-bond acceptors (Lipinski definition) is 7. The Morgan fingerprint density at radius 3 is 2.32 bits per heavy atom. The molecule has 0 spiro atoms. The summed E-state index contributed by atoms with van der Waals surface area (Å²) in [5.41, 5.74) is 0.623. The van der Waals surface area contributed by atoms with Crippen LogP contribution >= 0.6 is 24.0 Å². The van der Waals surface area contributed by atoms with Gasteiger partial charge in [0.2, 0.25) is 0 Å². The molecule has 0 radical (unpaired) electrons. The quantitative estimate of drug-likeness (QED) is 0.523. The van der Waals surface area contributed by atoms with E-state index in [-0.39, 0.29) is 27.1 Å². The fourth-order valence-electron chi connectivity index (χ4n) is 2.37. The molecule has 0 aromatic heterocycles. The zero-order valence-electron chi connectivity index (χ0n) is 13.6. The number of amides is 1. The van der Waals surface area contributed by atoms with Crippen LogP contribution in [0.5, 0.6) is 0 Å². The summed E-state index contributed by atoms with van der Waals surface area (Å²) in [6.07, 6.45) is 1.78. The van der Waals surface area contributed by atoms with E-state index in [9.17, 15) is 24.6 Å². The average Bonchev–Trinajstić information content (AvgIpc) is 2.79. The van der Waals surface area contributed by atoms with Crippen molar-refractivity contribution in [2.75, 3.05) is 0 Å². The highest BCUT2D eigenvalue weighted by atomic mass is 32.2. The molecule has 0 aliphatic carbocycles. The monoisotopic (exact) mass is 377 g/mol. The first kappa shape index (κ1) is 19.1. The highest BCUT2D eigenvalue weighted by molar-refractivity contribution is 8.26. The van der Waals surface area contributed by atoms with Crippen LogP contribution in [0.25, 0.3) is 6.08 Å². The van der Waals surface area contributed by atoms with Gasteiger partial charge in [0.15, 0.2) is 0 Å². The number of aliphatic carboxylic acids is 1. The van der Waals surface area contributed by atoms with E-state index in [2.05, 4.69) is 0 Å². The van der Waals surface area contributed by atoms with Gasteiger partial charge in [-0.25, -0.2) is 0 Å². The van der Waals surface area contributed by atoms with Gasteiger partial charge in [0, 0.05) is 0 Å². The molecule has 1 fully saturated rings. The van der Waals surface area contributed by atoms with Crippen LogP contribution in [-0.4, -0.2) is 33.1 Å². The summed E-state index contributed by atoms with van der Waals surface area (Å²) in [6, 6.07) is 4.68. The molecule has 1 amide bonds. The molecule has 132 valence electrons. The van der Waals surface area contributed by atoms with Gasteiger partial charge in [0.1, 0.15) is 4.32 Å². The summed E-state index contributed by atoms with van der Waals surface area (Å²) >= 11 is 6.17. The second kappa shape index (κ2) is 7.79. The van der Waals surface area contributed by atoms with Gasteiger partial charge in [0.25, 0.3) is 5.91 Å². The lowest BCUT2D eigenvalue weighted by atomic mass is 10.0. The number of carbonyl (C=O) groups excluding carboxylic acids is 3. The van der Waals surface area contributed by atoms with Crippen LogP contribution in [0.3, 0.4) is 0 Å². The van der Waals surface area contributed by atoms with E-state index >= 15 is 0 Å². The molecule has 0 N–H and O–H groups in total. The molecule has 1 aliphatic heterocycles. The van der Waals surface area contributed by atoms with Crippen molar-refractivity contribution in [3.8, 4) is 0 Å². The Hall–Kier alpha value is -2.19. The van der Waals surface area contributed by atoms with Crippen molar-refractivity contribution >= 4 is 52.2 Å². The van der Waals surface area contributed by atoms with Gasteiger partial charge in [0.05, 0.1) is 22.9 Å². The second-order valence-corrected chi connectivity index (χ2v) is 7.60. The standard InChI is InChI=1S/C17H17NO5S2/c1-9(2)7-12(16(22)23)18-14(19)13(25-17(18)24)8-10-3-5-11(6-4-10)15(20)21/h3-6,8-9,12H,7H2,1-2H3,(H,20,21)(H,22,23)/p-2/b13-8-/t12-/m0/s1. The molecule has 1 aromatic rings. The number of nitrogens with zero attached hydrogens (tertiary/aromatic N) is 1. The fourth-order valence-corrected chi connectivity index (χ4v) is 3.73. The third-order valence-corrected chi connectivity index (χ3v) is 4.88. The first-order chi connectivity index (χ1) is 11.7. The summed E-state index contributed by atoms with van der Waals surface area (Å²) in [6.45, 7) is 3.70. The number of carboxylic acids is 2. The molecule has 0 saturated carbocycles. The summed E-state index contributed by atoms with van der Waals surface area (Å²) in [5, 5.41) is 22.2. The minimum absolute atomic E-state index is 0.0265. The van der Waals surface area contributed by atoms with E-state index in [1.165, 1.54) is 24.3 Å². The number of carbonyl (C=O) groups is 3. The second-order valence-electron chi connectivity index (χ2n) is 5.93. The molecular weight excluding hydrogens is 362 g/mol. The summed E-state index contributed by atoms with van der Waals surface area (Å²) in [4.78, 5) is 36.1. The van der Waals surface area contributed by atoms with Crippen LogP contribution in [0.2, 0.25) is 0 Å². The van der Waals surface area contributed by atoms with Crippen molar-refractivity contribution in [1.29, 1.82) is 0 Å². The minimum Gasteiger partial charge on any atom is -0.548 e. The molecule has 1 heterocycles. The van der Waals surface area contributed by atoms with Crippen LogP contribution in [0, 0.1) is 5.92 Å². The normalized spacial score (nSPS) is 17.4. The van der Waals surface area contributed by atoms with Crippen LogP contribution in [0.1, 0.15) is 36.2 Å². The average molecular weight is 377 g/mol. The van der Waals surface area contributed by atoms with Crippen molar-refractivity contribution < 1.29 is 24.6 Å². The van der Waals surface area contributed by atoms with Crippen LogP contribution in [-0.2, 0) is 9.59 Å². The van der Waals surface area contributed by atoms with Gasteiger partial charge in [-0.3, -0.25) is 9.69 Å². The molecule has 2 rings (SSSR count). The molecule has 8 heteroatoms. The van der Waals surface area contributed by atoms with E-state index < -0.39 is 23.9 Å². The van der Waals surface area contributed by atoms with E-state index in [1.54, 1.807) is 6.08 Å². The van der Waals surface area contributed by atoms with Crippen molar-refractivity contribution in [3.63, 3.8) is 0 Å². The number of aromatic carboxylic acids is 1. The topological polar surface area (TPSA) is 101 Å². The number of thiocarbonyl (C=S) groups is 1. The lowest BCUT2D eigenvalue weighted by molar-refractivity contribution is -0.310. The highest BCUT2D eigenvalue weighted by Crippen LogP contribution is 2.35. The van der Waals surface area contributed by atoms with E-state index in [4.69, 9.17) is 12.2 Å². The Morgan fingerprint density at radius 2 is 1.84 bits per heavy atom. The molecule has 0 bridgehead atoms. The molecular formula is C17H15NO5S2-2. The van der Waals surface area contributed by atoms with Crippen molar-refractivity contribution in [3.05, 3.63) is 40.3 Å². The Bertz CT molecular complexity index is 755. The lowest BCUT2D eigenvalue weighted by Gasteiger charge is -2.28. The molecule has 25 heavy (non-hydrogen) atoms.